The number of hydrogen-bond acceptors (Lipinski definition) is 3. The molecule has 0 aliphatic heterocycles. The first-order chi connectivity index (χ1) is 8.59. The zero-order chi connectivity index (χ0) is 13.0. The van der Waals surface area contributed by atoms with Crippen LogP contribution in [0, 0.1) is 23.7 Å². The predicted octanol–water partition coefficient (Wildman–Crippen LogP) is 3.08. The van der Waals surface area contributed by atoms with Crippen molar-refractivity contribution in [3.05, 3.63) is 0 Å². The van der Waals surface area contributed by atoms with E-state index in [9.17, 15) is 0 Å². The molecule has 4 saturated carbocycles. The number of rotatable bonds is 4. The molecule has 18 heavy (non-hydrogen) atoms. The van der Waals surface area contributed by atoms with Crippen molar-refractivity contribution in [1.29, 1.82) is 0 Å². The van der Waals surface area contributed by atoms with Gasteiger partial charge in [-0.3, -0.25) is 0 Å². The molecule has 4 fully saturated rings. The summed E-state index contributed by atoms with van der Waals surface area (Å²) in [7, 11) is 2.77. The summed E-state index contributed by atoms with van der Waals surface area (Å²) in [6, 6.07) is 0. The average Bonchev–Trinajstić information content (AvgIpc) is 2.38. The van der Waals surface area contributed by atoms with Crippen molar-refractivity contribution >= 4 is 8.80 Å². The fraction of sp³-hybridized carbons (Fsp3) is 1.00. The second-order valence-electron chi connectivity index (χ2n) is 6.76. The molecular weight excluding hydrogens is 244 g/mol. The summed E-state index contributed by atoms with van der Waals surface area (Å²) in [5, 5.41) is 0.138. The lowest BCUT2D eigenvalue weighted by atomic mass is 9.52. The van der Waals surface area contributed by atoms with Gasteiger partial charge in [-0.25, -0.2) is 0 Å². The van der Waals surface area contributed by atoms with E-state index in [1.807, 2.05) is 0 Å². The van der Waals surface area contributed by atoms with E-state index in [0.29, 0.717) is 0 Å². The Morgan fingerprint density at radius 2 is 1.17 bits per heavy atom. The van der Waals surface area contributed by atoms with Crippen LogP contribution in [0.1, 0.15) is 39.0 Å². The molecule has 0 saturated heterocycles. The third-order valence-corrected chi connectivity index (χ3v) is 10.0. The Balaban J connectivity index is 1.98. The molecular formula is C14H26O3Si. The van der Waals surface area contributed by atoms with E-state index in [4.69, 9.17) is 13.3 Å². The van der Waals surface area contributed by atoms with Gasteiger partial charge in [0, 0.05) is 26.4 Å². The van der Waals surface area contributed by atoms with Crippen molar-refractivity contribution in [2.24, 2.45) is 23.7 Å². The molecule has 4 aliphatic carbocycles. The van der Waals surface area contributed by atoms with Gasteiger partial charge >= 0.3 is 8.80 Å². The maximum Gasteiger partial charge on any atom is 0.506 e. The smallest absolute Gasteiger partial charge is 0.376 e. The zero-order valence-electron chi connectivity index (χ0n) is 12.1. The minimum atomic E-state index is -2.55. The van der Waals surface area contributed by atoms with Gasteiger partial charge in [0.2, 0.25) is 0 Å². The van der Waals surface area contributed by atoms with Gasteiger partial charge in [0.15, 0.2) is 0 Å². The van der Waals surface area contributed by atoms with E-state index < -0.39 is 8.80 Å². The second-order valence-corrected chi connectivity index (χ2v) is 10.2. The largest absolute Gasteiger partial charge is 0.506 e. The molecule has 0 spiro atoms. The molecule has 0 N–H and O–H groups in total. The van der Waals surface area contributed by atoms with Crippen molar-refractivity contribution < 1.29 is 13.3 Å². The van der Waals surface area contributed by atoms with Crippen LogP contribution in [0.15, 0.2) is 0 Å². The van der Waals surface area contributed by atoms with Crippen molar-refractivity contribution in [1.82, 2.24) is 0 Å². The van der Waals surface area contributed by atoms with Crippen LogP contribution in [0.3, 0.4) is 0 Å². The van der Waals surface area contributed by atoms with E-state index in [2.05, 4.69) is 6.92 Å². The van der Waals surface area contributed by atoms with Crippen molar-refractivity contribution in [3.8, 4) is 0 Å². The molecule has 3 nitrogen and oxygen atoms in total. The summed E-state index contributed by atoms with van der Waals surface area (Å²) in [6.45, 7) is 2.39. The maximum absolute atomic E-state index is 5.86. The van der Waals surface area contributed by atoms with E-state index in [1.165, 1.54) is 32.1 Å². The first kappa shape index (κ1) is 13.1. The standard InChI is InChI=1S/C14H26O3Si/c1-14(18(15-2,16-3)17-4)12-6-10-5-11(8-12)9-13(14)7-10/h10-13H,5-9H2,1-4H3. The van der Waals surface area contributed by atoms with E-state index in [0.717, 1.165) is 23.7 Å². The molecule has 4 aliphatic rings. The maximum atomic E-state index is 5.86. The monoisotopic (exact) mass is 270 g/mol. The van der Waals surface area contributed by atoms with Gasteiger partial charge in [-0.2, -0.15) is 0 Å². The van der Waals surface area contributed by atoms with E-state index >= 15 is 0 Å². The molecule has 0 heterocycles. The van der Waals surface area contributed by atoms with Gasteiger partial charge in [0.25, 0.3) is 0 Å². The molecule has 4 heteroatoms. The SMILES string of the molecule is CO[Si](OC)(OC)C1(C)C2CC3CC(C2)CC1C3. The second kappa shape index (κ2) is 4.30. The lowest BCUT2D eigenvalue weighted by Gasteiger charge is -2.62. The molecule has 4 bridgehead atoms. The predicted molar refractivity (Wildman–Crippen MR) is 72.2 cm³/mol. The van der Waals surface area contributed by atoms with Crippen LogP contribution >= 0.6 is 0 Å². The Labute approximate surface area is 112 Å². The highest BCUT2D eigenvalue weighted by Crippen LogP contribution is 2.69. The van der Waals surface area contributed by atoms with Crippen LogP contribution in [-0.4, -0.2) is 30.1 Å². The van der Waals surface area contributed by atoms with Gasteiger partial charge in [0.1, 0.15) is 0 Å². The molecule has 104 valence electrons. The quantitative estimate of drug-likeness (QED) is 0.735. The zero-order valence-corrected chi connectivity index (χ0v) is 13.1. The highest BCUT2D eigenvalue weighted by molar-refractivity contribution is 6.64. The first-order valence-electron chi connectivity index (χ1n) is 7.25. The summed E-state index contributed by atoms with van der Waals surface area (Å²) in [5.74, 6) is 3.44. The Kier molecular flexibility index (Phi) is 3.13. The summed E-state index contributed by atoms with van der Waals surface area (Å²) >= 11 is 0. The first-order valence-corrected chi connectivity index (χ1v) is 8.97. The van der Waals surface area contributed by atoms with Crippen LogP contribution in [0.5, 0.6) is 0 Å². The molecule has 0 radical (unpaired) electrons. The summed E-state index contributed by atoms with van der Waals surface area (Å²) in [5.41, 5.74) is 0. The Morgan fingerprint density at radius 1 is 0.778 bits per heavy atom. The molecule has 0 aromatic heterocycles. The van der Waals surface area contributed by atoms with Crippen molar-refractivity contribution in [2.45, 2.75) is 44.1 Å². The van der Waals surface area contributed by atoms with Crippen molar-refractivity contribution in [3.63, 3.8) is 0 Å². The fourth-order valence-electron chi connectivity index (χ4n) is 5.57. The Bertz CT molecular complexity index is 291. The highest BCUT2D eigenvalue weighted by Gasteiger charge is 2.68. The lowest BCUT2D eigenvalue weighted by molar-refractivity contribution is -0.0611. The van der Waals surface area contributed by atoms with Gasteiger partial charge in [-0.05, 0) is 55.8 Å². The molecule has 4 rings (SSSR count). The van der Waals surface area contributed by atoms with Crippen LogP contribution < -0.4 is 0 Å². The normalized spacial score (nSPS) is 46.7. The fourth-order valence-corrected chi connectivity index (χ4v) is 8.86. The van der Waals surface area contributed by atoms with E-state index in [-0.39, 0.29) is 5.04 Å². The third-order valence-electron chi connectivity index (χ3n) is 6.30. The lowest BCUT2D eigenvalue weighted by Crippen LogP contribution is -2.64. The Hall–Kier alpha value is 0.0969. The van der Waals surface area contributed by atoms with Crippen LogP contribution in [0.4, 0.5) is 0 Å². The summed E-state index contributed by atoms with van der Waals surface area (Å²) in [4.78, 5) is 0. The van der Waals surface area contributed by atoms with Gasteiger partial charge in [0.05, 0.1) is 0 Å². The highest BCUT2D eigenvalue weighted by atomic mass is 28.4. The van der Waals surface area contributed by atoms with Gasteiger partial charge < -0.3 is 13.3 Å². The van der Waals surface area contributed by atoms with Gasteiger partial charge in [-0.1, -0.05) is 6.92 Å². The minimum absolute atomic E-state index is 0.138. The topological polar surface area (TPSA) is 27.7 Å². The van der Waals surface area contributed by atoms with E-state index in [1.54, 1.807) is 21.3 Å². The van der Waals surface area contributed by atoms with Crippen LogP contribution in [0.25, 0.3) is 0 Å². The minimum Gasteiger partial charge on any atom is -0.376 e. The average molecular weight is 270 g/mol. The summed E-state index contributed by atoms with van der Waals surface area (Å²) in [6.07, 6.45) is 6.95. The van der Waals surface area contributed by atoms with Crippen LogP contribution in [-0.2, 0) is 13.3 Å². The molecule has 0 amide bonds. The van der Waals surface area contributed by atoms with Gasteiger partial charge in [-0.15, -0.1) is 0 Å². The van der Waals surface area contributed by atoms with Crippen LogP contribution in [0.2, 0.25) is 5.04 Å². The summed E-state index contributed by atoms with van der Waals surface area (Å²) < 4.78 is 17.6. The molecule has 0 atom stereocenters. The molecule has 0 aromatic rings. The third kappa shape index (κ3) is 1.46. The molecule has 0 unspecified atom stereocenters. The number of hydrogen-bond donors (Lipinski definition) is 0. The Morgan fingerprint density at radius 3 is 1.50 bits per heavy atom. The molecule has 0 aromatic carbocycles. The van der Waals surface area contributed by atoms with Crippen molar-refractivity contribution in [2.75, 3.05) is 21.3 Å².